The molecule has 2 aliphatic heterocycles. The summed E-state index contributed by atoms with van der Waals surface area (Å²) in [5.74, 6) is -3.38. The second kappa shape index (κ2) is 26.5. The molecule has 14 nitrogen and oxygen atoms in total. The number of aliphatic hydroxyl groups is 1. The number of methoxy groups -OCH3 is 2. The van der Waals surface area contributed by atoms with Crippen molar-refractivity contribution < 1.29 is 48.1 Å². The van der Waals surface area contributed by atoms with Crippen LogP contribution in [0.15, 0.2) is 30.3 Å². The van der Waals surface area contributed by atoms with Crippen LogP contribution in [0.1, 0.15) is 145 Å². The highest BCUT2D eigenvalue weighted by molar-refractivity contribution is 6.03. The van der Waals surface area contributed by atoms with Crippen molar-refractivity contribution in [3.63, 3.8) is 0 Å². The fourth-order valence-corrected chi connectivity index (χ4v) is 10.3. The van der Waals surface area contributed by atoms with Crippen LogP contribution in [0.3, 0.4) is 0 Å². The molecule has 1 aromatic rings. The number of carbonyl (C=O) groups excluding carboxylic acids is 7. The lowest BCUT2D eigenvalue weighted by Crippen LogP contribution is -2.54. The van der Waals surface area contributed by atoms with Crippen molar-refractivity contribution in [3.8, 4) is 0 Å². The number of unbranched alkanes of at least 4 members (excludes halogenated alkanes) is 2. The van der Waals surface area contributed by atoms with Crippen LogP contribution in [-0.2, 0) is 43.0 Å². The van der Waals surface area contributed by atoms with E-state index in [0.29, 0.717) is 45.2 Å². The predicted molar refractivity (Wildman–Crippen MR) is 255 cm³/mol. The summed E-state index contributed by atoms with van der Waals surface area (Å²) < 4.78 is 12.1. The van der Waals surface area contributed by atoms with E-state index >= 15 is 0 Å². The molecule has 5 amide bonds. The van der Waals surface area contributed by atoms with Gasteiger partial charge in [0.2, 0.25) is 29.5 Å². The maximum Gasteiger partial charge on any atom is 0.232 e. The summed E-state index contributed by atoms with van der Waals surface area (Å²) in [7, 11) is 6.49. The minimum atomic E-state index is -0.791. The van der Waals surface area contributed by atoms with Crippen LogP contribution in [0.5, 0.6) is 0 Å². The standard InChI is InChI=1S/C52H84N4O10/c1-14-34(6)48(43(65-12)31-46(61)55-27-21-24-40(55)50(66-13)37(9)41(57)28-35(7)49(62)38-22-17-15-18-23-38)54(11)52(64)39(32(2)3)30-42(58)47(33(4)5)53(10)44(59)25-19-16-20-26-56-45(60)29-36(8)51(56)63/h15,17-18,22-23,32-37,39-40,43,47-50,62H,14,16,19-21,24-31H2,1-13H3/t34-,35-,36?,37-,39-,40-,43+,47-,48-,49+,50+/m0/s1. The van der Waals surface area contributed by atoms with Crippen molar-refractivity contribution >= 4 is 41.1 Å². The van der Waals surface area contributed by atoms with Crippen LogP contribution < -0.4 is 0 Å². The molecule has 2 aliphatic rings. The zero-order valence-corrected chi connectivity index (χ0v) is 42.5. The van der Waals surface area contributed by atoms with Gasteiger partial charge in [0.05, 0.1) is 42.9 Å². The molecule has 2 saturated heterocycles. The number of rotatable bonds is 28. The quantitative estimate of drug-likeness (QED) is 0.0689. The first kappa shape index (κ1) is 56.3. The third kappa shape index (κ3) is 14.5. The van der Waals surface area contributed by atoms with E-state index in [0.717, 1.165) is 12.0 Å². The Kier molecular flexibility index (Phi) is 22.6. The summed E-state index contributed by atoms with van der Waals surface area (Å²) in [5.41, 5.74) is 0.755. The molecule has 0 radical (unpaired) electrons. The molecule has 11 atom stereocenters. The number of nitrogens with zero attached hydrogens (tertiary/aromatic N) is 4. The van der Waals surface area contributed by atoms with Crippen molar-refractivity contribution in [2.75, 3.05) is 41.4 Å². The van der Waals surface area contributed by atoms with Crippen LogP contribution >= 0.6 is 0 Å². The van der Waals surface area contributed by atoms with E-state index in [1.54, 1.807) is 45.0 Å². The highest BCUT2D eigenvalue weighted by atomic mass is 16.5. The summed E-state index contributed by atoms with van der Waals surface area (Å²) in [4.78, 5) is 101. The Balaban J connectivity index is 1.70. The molecule has 372 valence electrons. The van der Waals surface area contributed by atoms with Crippen molar-refractivity contribution in [2.24, 2.45) is 41.4 Å². The monoisotopic (exact) mass is 925 g/mol. The molecule has 0 aromatic heterocycles. The number of hydrogen-bond acceptors (Lipinski definition) is 10. The van der Waals surface area contributed by atoms with Gasteiger partial charge in [0.25, 0.3) is 0 Å². The lowest BCUT2D eigenvalue weighted by atomic mass is 9.83. The maximum atomic E-state index is 14.6. The lowest BCUT2D eigenvalue weighted by molar-refractivity contribution is -0.149. The fraction of sp³-hybridized carbons (Fsp3) is 0.750. The summed E-state index contributed by atoms with van der Waals surface area (Å²) in [6.07, 6.45) is 2.47. The second-order valence-corrected chi connectivity index (χ2v) is 20.1. The highest BCUT2D eigenvalue weighted by Gasteiger charge is 2.44. The molecule has 3 rings (SSSR count). The van der Waals surface area contributed by atoms with Gasteiger partial charge in [0.15, 0.2) is 5.78 Å². The normalized spacial score (nSPS) is 20.7. The third-order valence-electron chi connectivity index (χ3n) is 14.6. The van der Waals surface area contributed by atoms with Crippen LogP contribution in [-0.4, -0.2) is 138 Å². The average molecular weight is 925 g/mol. The number of aliphatic hydroxyl groups excluding tert-OH is 1. The van der Waals surface area contributed by atoms with Gasteiger partial charge in [-0.05, 0) is 54.9 Å². The van der Waals surface area contributed by atoms with Crippen molar-refractivity contribution in [2.45, 2.75) is 169 Å². The minimum absolute atomic E-state index is 0.00000568. The van der Waals surface area contributed by atoms with Gasteiger partial charge in [0.1, 0.15) is 5.78 Å². The maximum absolute atomic E-state index is 14.6. The van der Waals surface area contributed by atoms with E-state index in [4.69, 9.17) is 9.47 Å². The smallest absolute Gasteiger partial charge is 0.232 e. The summed E-state index contributed by atoms with van der Waals surface area (Å²) in [5, 5.41) is 11.0. The van der Waals surface area contributed by atoms with Gasteiger partial charge in [-0.2, -0.15) is 0 Å². The molecular formula is C52H84N4O10. The van der Waals surface area contributed by atoms with E-state index < -0.39 is 42.2 Å². The van der Waals surface area contributed by atoms with Crippen molar-refractivity contribution in [3.05, 3.63) is 35.9 Å². The first-order chi connectivity index (χ1) is 31.1. The highest BCUT2D eigenvalue weighted by Crippen LogP contribution is 2.33. The molecule has 66 heavy (non-hydrogen) atoms. The summed E-state index contributed by atoms with van der Waals surface area (Å²) in [6, 6.07) is 7.72. The van der Waals surface area contributed by atoms with Crippen LogP contribution in [0.25, 0.3) is 0 Å². The second-order valence-electron chi connectivity index (χ2n) is 20.1. The molecule has 1 N–H and O–H groups in total. The molecule has 0 bridgehead atoms. The molecule has 2 fully saturated rings. The molecule has 1 aromatic carbocycles. The van der Waals surface area contributed by atoms with Crippen molar-refractivity contribution in [1.29, 1.82) is 0 Å². The largest absolute Gasteiger partial charge is 0.388 e. The molecule has 2 heterocycles. The fourth-order valence-electron chi connectivity index (χ4n) is 10.3. The van der Waals surface area contributed by atoms with E-state index in [1.807, 2.05) is 85.7 Å². The first-order valence-electron chi connectivity index (χ1n) is 24.6. The van der Waals surface area contributed by atoms with E-state index in [2.05, 4.69) is 0 Å². The number of ether oxygens (including phenoxy) is 2. The molecule has 1 unspecified atom stereocenters. The van der Waals surface area contributed by atoms with E-state index in [-0.39, 0.29) is 109 Å². The SMILES string of the molecule is CC[C@H](C)[C@@H]([C@@H](CC(=O)N1CCC[C@H]1[C@H](OC)[C@@H](C)C(=O)C[C@H](C)[C@@H](O)c1ccccc1)OC)N(C)C(=O)[C@@H](CC(=O)[C@H](C(C)C)N(C)C(=O)CCCCCN1C(=O)CC(C)C1=O)C(C)C. The third-order valence-corrected chi connectivity index (χ3v) is 14.6. The number of Topliss-reactive ketones (excluding diaryl/α,β-unsaturated/α-hetero) is 2. The Morgan fingerprint density at radius 1 is 0.818 bits per heavy atom. The molecule has 0 saturated carbocycles. The number of hydrogen-bond donors (Lipinski definition) is 1. The molecule has 0 aliphatic carbocycles. The van der Waals surface area contributed by atoms with Gasteiger partial charge in [0, 0.05) is 84.8 Å². The van der Waals surface area contributed by atoms with Gasteiger partial charge in [-0.3, -0.25) is 38.5 Å². The summed E-state index contributed by atoms with van der Waals surface area (Å²) in [6.45, 7) is 18.0. The summed E-state index contributed by atoms with van der Waals surface area (Å²) >= 11 is 0. The minimum Gasteiger partial charge on any atom is -0.388 e. The van der Waals surface area contributed by atoms with Gasteiger partial charge in [-0.25, -0.2) is 0 Å². The topological polar surface area (TPSA) is 171 Å². The Hall–Kier alpha value is -4.01. The number of likely N-dealkylation sites (N-methyl/N-ethyl adjacent to an activating group) is 2. The van der Waals surface area contributed by atoms with Crippen LogP contribution in [0.4, 0.5) is 0 Å². The zero-order chi connectivity index (χ0) is 49.6. The van der Waals surface area contributed by atoms with Gasteiger partial charge < -0.3 is 29.3 Å². The van der Waals surface area contributed by atoms with Crippen LogP contribution in [0, 0.1) is 41.4 Å². The molecule has 0 spiro atoms. The van der Waals surface area contributed by atoms with Gasteiger partial charge in [-0.1, -0.05) is 105 Å². The van der Waals surface area contributed by atoms with E-state index in [9.17, 15) is 38.7 Å². The Morgan fingerprint density at radius 2 is 1.47 bits per heavy atom. The average Bonchev–Trinajstić information content (AvgIpc) is 3.86. The number of ketones is 2. The number of likely N-dealkylation sites (tertiary alicyclic amines) is 2. The lowest BCUT2D eigenvalue weighted by Gasteiger charge is -2.41. The molecular weight excluding hydrogens is 841 g/mol. The molecule has 14 heteroatoms. The Labute approximate surface area is 395 Å². The number of benzene rings is 1. The predicted octanol–water partition coefficient (Wildman–Crippen LogP) is 6.91. The van der Waals surface area contributed by atoms with E-state index in [1.165, 1.54) is 9.80 Å². The van der Waals surface area contributed by atoms with Gasteiger partial charge in [-0.15, -0.1) is 0 Å². The van der Waals surface area contributed by atoms with Crippen LogP contribution in [0.2, 0.25) is 0 Å². The number of carbonyl (C=O) groups is 7. The Morgan fingerprint density at radius 3 is 2.02 bits per heavy atom. The van der Waals surface area contributed by atoms with Crippen molar-refractivity contribution in [1.82, 2.24) is 19.6 Å². The number of imide groups is 1. The zero-order valence-electron chi connectivity index (χ0n) is 42.5. The Bertz CT molecular complexity index is 1770. The first-order valence-corrected chi connectivity index (χ1v) is 24.6. The van der Waals surface area contributed by atoms with Gasteiger partial charge >= 0.3 is 0 Å². The number of amides is 5.